The number of rotatable bonds is 6. The van der Waals surface area contributed by atoms with E-state index in [4.69, 9.17) is 5.11 Å². The van der Waals surface area contributed by atoms with Gasteiger partial charge in [0.05, 0.1) is 0 Å². The highest BCUT2D eigenvalue weighted by molar-refractivity contribution is 5.66. The van der Waals surface area contributed by atoms with Crippen LogP contribution in [0, 0.1) is 0 Å². The number of carbonyl (C=O) groups excluding carboxylic acids is 1. The molecule has 0 unspecified atom stereocenters. The first-order valence-corrected chi connectivity index (χ1v) is 3.58. The van der Waals surface area contributed by atoms with E-state index in [1.54, 1.807) is 6.08 Å². The van der Waals surface area contributed by atoms with Crippen molar-refractivity contribution in [2.24, 2.45) is 0 Å². The molecule has 0 aliphatic rings. The van der Waals surface area contributed by atoms with Gasteiger partial charge in [0.15, 0.2) is 0 Å². The van der Waals surface area contributed by atoms with Crippen molar-refractivity contribution in [2.45, 2.75) is 25.7 Å². The maximum atomic E-state index is 10.00. The predicted molar refractivity (Wildman–Crippen MR) is 41.3 cm³/mol. The number of hydrogen-bond donors (Lipinski definition) is 1. The van der Waals surface area contributed by atoms with Crippen LogP contribution in [0.25, 0.3) is 0 Å². The predicted octanol–water partition coefficient (Wildman–Crippen LogP) is 1.39. The van der Waals surface area contributed by atoms with Crippen LogP contribution in [0.5, 0.6) is 0 Å². The van der Waals surface area contributed by atoms with Crippen LogP contribution in [0.15, 0.2) is 12.2 Å². The number of aliphatic carboxylic acids is 1. The molecule has 0 rings (SSSR count). The van der Waals surface area contributed by atoms with Crippen molar-refractivity contribution < 1.29 is 14.7 Å². The van der Waals surface area contributed by atoms with Gasteiger partial charge in [-0.05, 0) is 12.8 Å². The van der Waals surface area contributed by atoms with Crippen molar-refractivity contribution >= 4 is 12.3 Å². The summed E-state index contributed by atoms with van der Waals surface area (Å²) < 4.78 is 0. The van der Waals surface area contributed by atoms with Gasteiger partial charge in [-0.3, -0.25) is 4.79 Å². The number of carbonyl (C=O) groups is 2. The van der Waals surface area contributed by atoms with Gasteiger partial charge in [-0.2, -0.15) is 0 Å². The second kappa shape index (κ2) is 6.99. The minimum Gasteiger partial charge on any atom is -0.481 e. The number of unbranched alkanes of at least 4 members (excludes halogenated alkanes) is 1. The topological polar surface area (TPSA) is 54.4 Å². The van der Waals surface area contributed by atoms with Gasteiger partial charge in [-0.1, -0.05) is 12.2 Å². The lowest BCUT2D eigenvalue weighted by atomic mass is 10.2. The van der Waals surface area contributed by atoms with E-state index in [9.17, 15) is 9.59 Å². The highest BCUT2D eigenvalue weighted by Gasteiger charge is 1.90. The number of hydrogen-bond acceptors (Lipinski definition) is 2. The molecule has 0 radical (unpaired) electrons. The molecule has 0 fully saturated rings. The van der Waals surface area contributed by atoms with E-state index in [2.05, 4.69) is 0 Å². The Kier molecular flexibility index (Phi) is 6.28. The molecule has 0 atom stereocenters. The Bertz CT molecular complexity index is 149. The summed E-state index contributed by atoms with van der Waals surface area (Å²) in [5.74, 6) is -0.787. The van der Waals surface area contributed by atoms with Gasteiger partial charge < -0.3 is 9.90 Å². The first-order chi connectivity index (χ1) is 5.27. The molecule has 0 amide bonds. The van der Waals surface area contributed by atoms with Crippen molar-refractivity contribution in [3.8, 4) is 0 Å². The van der Waals surface area contributed by atoms with Crippen LogP contribution < -0.4 is 0 Å². The van der Waals surface area contributed by atoms with E-state index in [0.717, 1.165) is 6.29 Å². The minimum atomic E-state index is -0.787. The average molecular weight is 156 g/mol. The van der Waals surface area contributed by atoms with Crippen molar-refractivity contribution in [2.75, 3.05) is 0 Å². The highest BCUT2D eigenvalue weighted by Crippen LogP contribution is 1.93. The second-order valence-electron chi connectivity index (χ2n) is 2.15. The van der Waals surface area contributed by atoms with Gasteiger partial charge >= 0.3 is 5.97 Å². The van der Waals surface area contributed by atoms with Gasteiger partial charge in [-0.15, -0.1) is 0 Å². The number of carboxylic acids is 1. The Morgan fingerprint density at radius 3 is 2.36 bits per heavy atom. The number of aldehydes is 1. The quantitative estimate of drug-likeness (QED) is 0.359. The summed E-state index contributed by atoms with van der Waals surface area (Å²) in [6.45, 7) is 0. The molecule has 0 aromatic heterocycles. The standard InChI is InChI=1S/C8H12O3/c9-7-5-3-1-2-4-6-8(10)11/h1-2,7H,3-6H2,(H,10,11). The lowest BCUT2D eigenvalue weighted by Gasteiger charge is -1.86. The molecule has 0 heterocycles. The van der Waals surface area contributed by atoms with E-state index in [-0.39, 0.29) is 6.42 Å². The molecule has 0 aromatic carbocycles. The van der Waals surface area contributed by atoms with E-state index in [1.165, 1.54) is 0 Å². The number of carboxylic acid groups (broad SMARTS) is 1. The van der Waals surface area contributed by atoms with Crippen LogP contribution in [0.1, 0.15) is 25.7 Å². The molecule has 1 N–H and O–H groups in total. The molecule has 11 heavy (non-hydrogen) atoms. The van der Waals surface area contributed by atoms with Gasteiger partial charge in [-0.25, -0.2) is 0 Å². The van der Waals surface area contributed by atoms with Crippen LogP contribution in [0.3, 0.4) is 0 Å². The van der Waals surface area contributed by atoms with E-state index in [1.807, 2.05) is 6.08 Å². The second-order valence-corrected chi connectivity index (χ2v) is 2.15. The van der Waals surface area contributed by atoms with Gasteiger partial charge in [0.25, 0.3) is 0 Å². The van der Waals surface area contributed by atoms with Crippen molar-refractivity contribution in [1.29, 1.82) is 0 Å². The SMILES string of the molecule is O=CCCC=CCCC(=O)O. The lowest BCUT2D eigenvalue weighted by molar-refractivity contribution is -0.136. The Morgan fingerprint density at radius 1 is 1.18 bits per heavy atom. The van der Waals surface area contributed by atoms with Crippen LogP contribution in [0.4, 0.5) is 0 Å². The monoisotopic (exact) mass is 156 g/mol. The smallest absolute Gasteiger partial charge is 0.303 e. The Balaban J connectivity index is 3.16. The minimum absolute atomic E-state index is 0.164. The molecule has 0 aliphatic carbocycles. The van der Waals surface area contributed by atoms with E-state index in [0.29, 0.717) is 19.3 Å². The molecule has 0 saturated carbocycles. The summed E-state index contributed by atoms with van der Waals surface area (Å²) in [6.07, 6.45) is 6.41. The van der Waals surface area contributed by atoms with Crippen molar-refractivity contribution in [3.63, 3.8) is 0 Å². The average Bonchev–Trinajstić information content (AvgIpc) is 1.96. The maximum absolute atomic E-state index is 10.00. The number of allylic oxidation sites excluding steroid dienone is 2. The zero-order chi connectivity index (χ0) is 8.53. The van der Waals surface area contributed by atoms with Crippen LogP contribution in [-0.4, -0.2) is 17.4 Å². The zero-order valence-electron chi connectivity index (χ0n) is 6.32. The molecule has 0 saturated heterocycles. The molecule has 3 nitrogen and oxygen atoms in total. The lowest BCUT2D eigenvalue weighted by Crippen LogP contribution is -1.91. The van der Waals surface area contributed by atoms with Gasteiger partial charge in [0, 0.05) is 12.8 Å². The van der Waals surface area contributed by atoms with E-state index < -0.39 is 5.97 Å². The molecule has 0 spiro atoms. The highest BCUT2D eigenvalue weighted by atomic mass is 16.4. The summed E-state index contributed by atoms with van der Waals surface area (Å²) in [5, 5.41) is 8.23. The maximum Gasteiger partial charge on any atom is 0.303 e. The first-order valence-electron chi connectivity index (χ1n) is 3.58. The third-order valence-corrected chi connectivity index (χ3v) is 1.14. The fourth-order valence-corrected chi connectivity index (χ4v) is 0.607. The summed E-state index contributed by atoms with van der Waals surface area (Å²) in [5.41, 5.74) is 0. The molecule has 62 valence electrons. The summed E-state index contributed by atoms with van der Waals surface area (Å²) in [4.78, 5) is 19.8. The molecular formula is C8H12O3. The zero-order valence-corrected chi connectivity index (χ0v) is 6.32. The van der Waals surface area contributed by atoms with Crippen LogP contribution >= 0.6 is 0 Å². The third-order valence-electron chi connectivity index (χ3n) is 1.14. The largest absolute Gasteiger partial charge is 0.481 e. The van der Waals surface area contributed by atoms with Crippen molar-refractivity contribution in [3.05, 3.63) is 12.2 Å². The molecular weight excluding hydrogens is 144 g/mol. The van der Waals surface area contributed by atoms with Crippen molar-refractivity contribution in [1.82, 2.24) is 0 Å². The van der Waals surface area contributed by atoms with Crippen LogP contribution in [-0.2, 0) is 9.59 Å². The molecule has 0 bridgehead atoms. The van der Waals surface area contributed by atoms with Gasteiger partial charge in [0.2, 0.25) is 0 Å². The molecule has 0 aliphatic heterocycles. The van der Waals surface area contributed by atoms with Crippen LogP contribution in [0.2, 0.25) is 0 Å². The first kappa shape index (κ1) is 9.88. The fraction of sp³-hybridized carbons (Fsp3) is 0.500. The summed E-state index contributed by atoms with van der Waals surface area (Å²) in [7, 11) is 0. The Hall–Kier alpha value is -1.12. The van der Waals surface area contributed by atoms with Gasteiger partial charge in [0.1, 0.15) is 6.29 Å². The Morgan fingerprint density at radius 2 is 1.82 bits per heavy atom. The Labute approximate surface area is 65.7 Å². The third kappa shape index (κ3) is 8.88. The molecule has 0 aromatic rings. The summed E-state index contributed by atoms with van der Waals surface area (Å²) >= 11 is 0. The van der Waals surface area contributed by atoms with E-state index >= 15 is 0 Å². The fourth-order valence-electron chi connectivity index (χ4n) is 0.607. The summed E-state index contributed by atoms with van der Waals surface area (Å²) in [6, 6.07) is 0. The normalized spacial score (nSPS) is 10.2. The molecule has 3 heteroatoms.